The minimum Gasteiger partial charge on any atom is -0.457 e. The quantitative estimate of drug-likeness (QED) is 0.406. The normalized spacial score (nSPS) is 10.9. The van der Waals surface area contributed by atoms with E-state index in [9.17, 15) is 4.79 Å². The van der Waals surface area contributed by atoms with Crippen LogP contribution in [0.15, 0.2) is 66.7 Å². The summed E-state index contributed by atoms with van der Waals surface area (Å²) in [6, 6.07) is 21.2. The molecule has 0 bridgehead atoms. The second kappa shape index (κ2) is 9.10. The van der Waals surface area contributed by atoms with Gasteiger partial charge in [0.05, 0.1) is 11.0 Å². The van der Waals surface area contributed by atoms with Gasteiger partial charge in [-0.3, -0.25) is 4.79 Å². The van der Waals surface area contributed by atoms with Gasteiger partial charge in [0.15, 0.2) is 0 Å². The van der Waals surface area contributed by atoms with Crippen LogP contribution in [0.4, 0.5) is 5.95 Å². The molecule has 0 radical (unpaired) electrons. The van der Waals surface area contributed by atoms with Gasteiger partial charge in [-0.15, -0.1) is 0 Å². The van der Waals surface area contributed by atoms with E-state index in [0.717, 1.165) is 39.6 Å². The molecule has 0 spiro atoms. The number of aryl methyl sites for hydroxylation is 2. The number of primary amides is 1. The summed E-state index contributed by atoms with van der Waals surface area (Å²) in [7, 11) is 1.97. The Kier molecular flexibility index (Phi) is 6.09. The fraction of sp³-hybridized carbons (Fsp3) is 0.167. The molecule has 0 aliphatic rings. The predicted molar refractivity (Wildman–Crippen MR) is 124 cm³/mol. The summed E-state index contributed by atoms with van der Waals surface area (Å²) in [5.41, 5.74) is 9.34. The van der Waals surface area contributed by atoms with Crippen LogP contribution in [0.3, 0.4) is 0 Å². The molecule has 0 unspecified atom stereocenters. The predicted octanol–water partition coefficient (Wildman–Crippen LogP) is 5.05. The number of benzene rings is 3. The lowest BCUT2D eigenvalue weighted by molar-refractivity contribution is -0.117. The van der Waals surface area contributed by atoms with Crippen molar-refractivity contribution in [3.05, 3.63) is 82.9 Å². The molecule has 1 heterocycles. The Morgan fingerprint density at radius 3 is 2.35 bits per heavy atom. The highest BCUT2D eigenvalue weighted by atomic mass is 35.5. The number of nitrogens with two attached hydrogens (primary N) is 1. The van der Waals surface area contributed by atoms with E-state index in [2.05, 4.69) is 16.4 Å². The molecule has 0 aliphatic heterocycles. The van der Waals surface area contributed by atoms with Crippen LogP contribution in [0.5, 0.6) is 11.5 Å². The molecule has 3 N–H and O–H groups in total. The zero-order valence-electron chi connectivity index (χ0n) is 17.1. The molecular weight excluding hydrogens is 412 g/mol. The highest BCUT2D eigenvalue weighted by molar-refractivity contribution is 6.30. The van der Waals surface area contributed by atoms with Crippen molar-refractivity contribution in [3.8, 4) is 11.5 Å². The lowest BCUT2D eigenvalue weighted by Gasteiger charge is -2.09. The summed E-state index contributed by atoms with van der Waals surface area (Å²) in [6.07, 6.45) is 0.968. The van der Waals surface area contributed by atoms with Crippen LogP contribution >= 0.6 is 11.6 Å². The zero-order chi connectivity index (χ0) is 21.8. The fourth-order valence-electron chi connectivity index (χ4n) is 3.31. The summed E-state index contributed by atoms with van der Waals surface area (Å²) >= 11 is 5.90. The average molecular weight is 435 g/mol. The molecular formula is C24H23ClN4O2. The van der Waals surface area contributed by atoms with Gasteiger partial charge in [0, 0.05) is 25.0 Å². The van der Waals surface area contributed by atoms with E-state index in [1.54, 1.807) is 12.1 Å². The summed E-state index contributed by atoms with van der Waals surface area (Å²) in [6.45, 7) is 0.632. The summed E-state index contributed by atoms with van der Waals surface area (Å²) in [5, 5.41) is 4.06. The molecule has 7 heteroatoms. The molecule has 6 nitrogen and oxygen atoms in total. The number of ether oxygens (including phenoxy) is 1. The van der Waals surface area contributed by atoms with Gasteiger partial charge < -0.3 is 20.4 Å². The zero-order valence-corrected chi connectivity index (χ0v) is 17.9. The van der Waals surface area contributed by atoms with Gasteiger partial charge in [0.1, 0.15) is 11.5 Å². The van der Waals surface area contributed by atoms with Crippen LogP contribution in [0.1, 0.15) is 17.5 Å². The van der Waals surface area contributed by atoms with Crippen molar-refractivity contribution in [2.45, 2.75) is 19.4 Å². The second-order valence-corrected chi connectivity index (χ2v) is 7.77. The van der Waals surface area contributed by atoms with Gasteiger partial charge in [-0.2, -0.15) is 0 Å². The standard InChI is InChI=1S/C24H23ClN4O2/c1-29-22-14-16(5-13-23(26)30)4-12-21(22)28-24(29)27-15-17-2-8-19(9-3-17)31-20-10-6-18(25)7-11-20/h2-4,6-12,14H,5,13,15H2,1H3,(H2,26,30)(H,27,28). The first kappa shape index (κ1) is 20.8. The third-order valence-electron chi connectivity index (χ3n) is 5.03. The number of rotatable bonds is 8. The average Bonchev–Trinajstić information content (AvgIpc) is 3.08. The van der Waals surface area contributed by atoms with Crippen LogP contribution in [-0.4, -0.2) is 15.5 Å². The molecule has 158 valence electrons. The lowest BCUT2D eigenvalue weighted by atomic mass is 10.1. The van der Waals surface area contributed by atoms with E-state index in [-0.39, 0.29) is 5.91 Å². The number of nitrogens with one attached hydrogen (secondary N) is 1. The van der Waals surface area contributed by atoms with Crippen molar-refractivity contribution in [3.63, 3.8) is 0 Å². The van der Waals surface area contributed by atoms with Crippen molar-refractivity contribution in [2.24, 2.45) is 12.8 Å². The molecule has 31 heavy (non-hydrogen) atoms. The first-order chi connectivity index (χ1) is 15.0. The van der Waals surface area contributed by atoms with Gasteiger partial charge in [0.25, 0.3) is 0 Å². The Morgan fingerprint density at radius 1 is 1.03 bits per heavy atom. The van der Waals surface area contributed by atoms with Gasteiger partial charge in [0.2, 0.25) is 11.9 Å². The maximum Gasteiger partial charge on any atom is 0.217 e. The topological polar surface area (TPSA) is 82.2 Å². The molecule has 4 aromatic rings. The highest BCUT2D eigenvalue weighted by Crippen LogP contribution is 2.24. The van der Waals surface area contributed by atoms with Gasteiger partial charge in [-0.05, 0) is 66.1 Å². The molecule has 0 aliphatic carbocycles. The van der Waals surface area contributed by atoms with Crippen molar-refractivity contribution < 1.29 is 9.53 Å². The maximum absolute atomic E-state index is 11.0. The number of hydrogen-bond acceptors (Lipinski definition) is 4. The summed E-state index contributed by atoms with van der Waals surface area (Å²) in [4.78, 5) is 15.7. The van der Waals surface area contributed by atoms with Crippen LogP contribution in [-0.2, 0) is 24.8 Å². The van der Waals surface area contributed by atoms with E-state index in [4.69, 9.17) is 22.1 Å². The number of carbonyl (C=O) groups excluding carboxylic acids is 1. The number of anilines is 1. The maximum atomic E-state index is 11.0. The third kappa shape index (κ3) is 5.16. The number of imidazole rings is 1. The van der Waals surface area contributed by atoms with Crippen molar-refractivity contribution in [1.29, 1.82) is 0 Å². The molecule has 1 aromatic heterocycles. The SMILES string of the molecule is Cn1c(NCc2ccc(Oc3ccc(Cl)cc3)cc2)nc2ccc(CCC(N)=O)cc21. The van der Waals surface area contributed by atoms with Crippen LogP contribution < -0.4 is 15.8 Å². The first-order valence-electron chi connectivity index (χ1n) is 9.98. The minimum absolute atomic E-state index is 0.294. The Bertz CT molecular complexity index is 1200. The Labute approximate surface area is 185 Å². The monoisotopic (exact) mass is 434 g/mol. The molecule has 3 aromatic carbocycles. The number of aromatic nitrogens is 2. The van der Waals surface area contributed by atoms with Gasteiger partial charge in [-0.25, -0.2) is 4.98 Å². The van der Waals surface area contributed by atoms with Crippen molar-refractivity contribution >= 4 is 34.5 Å². The number of hydrogen-bond donors (Lipinski definition) is 2. The minimum atomic E-state index is -0.294. The molecule has 4 rings (SSSR count). The van der Waals surface area contributed by atoms with Crippen LogP contribution in [0, 0.1) is 0 Å². The van der Waals surface area contributed by atoms with Gasteiger partial charge in [-0.1, -0.05) is 29.8 Å². The number of halogens is 1. The van der Waals surface area contributed by atoms with Crippen molar-refractivity contribution in [2.75, 3.05) is 5.32 Å². The van der Waals surface area contributed by atoms with E-state index in [1.807, 2.05) is 60.1 Å². The van der Waals surface area contributed by atoms with E-state index < -0.39 is 0 Å². The molecule has 0 saturated heterocycles. The largest absolute Gasteiger partial charge is 0.457 e. The Balaban J connectivity index is 1.40. The fourth-order valence-corrected chi connectivity index (χ4v) is 3.44. The molecule has 0 atom stereocenters. The Morgan fingerprint density at radius 2 is 1.68 bits per heavy atom. The molecule has 0 fully saturated rings. The molecule has 1 amide bonds. The van der Waals surface area contributed by atoms with E-state index in [1.165, 1.54) is 0 Å². The number of fused-ring (bicyclic) bond motifs is 1. The van der Waals surface area contributed by atoms with Crippen LogP contribution in [0.2, 0.25) is 5.02 Å². The summed E-state index contributed by atoms with van der Waals surface area (Å²) < 4.78 is 7.85. The van der Waals surface area contributed by atoms with Gasteiger partial charge >= 0.3 is 0 Å². The van der Waals surface area contributed by atoms with E-state index >= 15 is 0 Å². The first-order valence-corrected chi connectivity index (χ1v) is 10.4. The number of nitrogens with zero attached hydrogens (tertiary/aromatic N) is 2. The second-order valence-electron chi connectivity index (χ2n) is 7.34. The van der Waals surface area contributed by atoms with E-state index in [0.29, 0.717) is 24.4 Å². The van der Waals surface area contributed by atoms with Crippen molar-refractivity contribution in [1.82, 2.24) is 9.55 Å². The summed E-state index contributed by atoms with van der Waals surface area (Å²) in [5.74, 6) is 1.99. The van der Waals surface area contributed by atoms with Crippen LogP contribution in [0.25, 0.3) is 11.0 Å². The third-order valence-corrected chi connectivity index (χ3v) is 5.28. The number of amides is 1. The molecule has 0 saturated carbocycles. The Hall–Kier alpha value is -3.51. The smallest absolute Gasteiger partial charge is 0.217 e. The lowest BCUT2D eigenvalue weighted by Crippen LogP contribution is -2.11. The highest BCUT2D eigenvalue weighted by Gasteiger charge is 2.09. The number of carbonyl (C=O) groups is 1.